The average Bonchev–Trinajstić information content (AvgIpc) is 2.77. The Labute approximate surface area is 125 Å². The summed E-state index contributed by atoms with van der Waals surface area (Å²) in [4.78, 5) is 17.6. The maximum Gasteiger partial charge on any atom is 0.410 e. The van der Waals surface area contributed by atoms with Gasteiger partial charge in [-0.3, -0.25) is 4.90 Å². The molecule has 0 aliphatic carbocycles. The molecule has 1 aromatic heterocycles. The van der Waals surface area contributed by atoms with Crippen LogP contribution in [0, 0.1) is 0 Å². The zero-order valence-electron chi connectivity index (χ0n) is 13.1. The van der Waals surface area contributed by atoms with Gasteiger partial charge in [-0.25, -0.2) is 4.79 Å². The lowest BCUT2D eigenvalue weighted by Gasteiger charge is -2.34. The van der Waals surface area contributed by atoms with Crippen molar-refractivity contribution in [3.8, 4) is 0 Å². The molecule has 0 saturated carbocycles. The summed E-state index contributed by atoms with van der Waals surface area (Å²) in [5.74, 6) is 0. The molecular weight excluding hydrogens is 264 g/mol. The highest BCUT2D eigenvalue weighted by atomic mass is 16.6. The minimum atomic E-state index is -0.461. The zero-order chi connectivity index (χ0) is 15.2. The summed E-state index contributed by atoms with van der Waals surface area (Å²) in [6.07, 6.45) is 0.627. The fraction of sp³-hybridized carbons (Fsp3) is 0.471. The molecule has 1 amide bonds. The number of amides is 1. The summed E-state index contributed by atoms with van der Waals surface area (Å²) in [6.45, 7) is 8.44. The van der Waals surface area contributed by atoms with E-state index in [0.29, 0.717) is 6.54 Å². The van der Waals surface area contributed by atoms with Crippen LogP contribution in [0.2, 0.25) is 0 Å². The van der Waals surface area contributed by atoms with Gasteiger partial charge < -0.3 is 9.72 Å². The quantitative estimate of drug-likeness (QED) is 0.795. The Kier molecular flexibility index (Phi) is 3.19. The van der Waals surface area contributed by atoms with Crippen molar-refractivity contribution in [2.45, 2.75) is 45.8 Å². The third kappa shape index (κ3) is 2.50. The molecule has 0 unspecified atom stereocenters. The molecule has 112 valence electrons. The van der Waals surface area contributed by atoms with Gasteiger partial charge in [0.25, 0.3) is 0 Å². The Hall–Kier alpha value is -1.97. The van der Waals surface area contributed by atoms with Gasteiger partial charge in [-0.15, -0.1) is 0 Å². The second-order valence-electron chi connectivity index (χ2n) is 6.66. The van der Waals surface area contributed by atoms with Crippen LogP contribution in [0.1, 0.15) is 45.0 Å². The number of aromatic nitrogens is 1. The van der Waals surface area contributed by atoms with E-state index in [1.807, 2.05) is 31.7 Å². The van der Waals surface area contributed by atoms with Gasteiger partial charge >= 0.3 is 6.09 Å². The number of carbonyl (C=O) groups excluding carboxylic acids is 1. The number of hydrogen-bond acceptors (Lipinski definition) is 2. The molecule has 3 rings (SSSR count). The normalized spacial score (nSPS) is 18.7. The van der Waals surface area contributed by atoms with Crippen molar-refractivity contribution in [2.75, 3.05) is 6.54 Å². The van der Waals surface area contributed by atoms with Gasteiger partial charge in [0.1, 0.15) is 5.60 Å². The van der Waals surface area contributed by atoms with E-state index >= 15 is 0 Å². The number of carbonyl (C=O) groups is 1. The van der Waals surface area contributed by atoms with E-state index < -0.39 is 5.60 Å². The van der Waals surface area contributed by atoms with Gasteiger partial charge in [0.05, 0.1) is 6.04 Å². The lowest BCUT2D eigenvalue weighted by atomic mass is 9.99. The van der Waals surface area contributed by atoms with Gasteiger partial charge in [0.15, 0.2) is 0 Å². The molecule has 4 nitrogen and oxygen atoms in total. The monoisotopic (exact) mass is 286 g/mol. The summed E-state index contributed by atoms with van der Waals surface area (Å²) in [5.41, 5.74) is 3.14. The third-order valence-corrected chi connectivity index (χ3v) is 3.96. The van der Waals surface area contributed by atoms with Crippen LogP contribution in [-0.2, 0) is 11.2 Å². The first kappa shape index (κ1) is 14.0. The smallest absolute Gasteiger partial charge is 0.410 e. The molecule has 0 bridgehead atoms. The number of benzene rings is 1. The summed E-state index contributed by atoms with van der Waals surface area (Å²) in [6, 6.07) is 8.32. The highest BCUT2D eigenvalue weighted by molar-refractivity contribution is 5.85. The molecule has 2 aromatic rings. The standard InChI is InChI=1S/C17H22N2O2/c1-11-15-13(12-7-5-6-8-14(12)18-15)9-10-19(11)16(20)21-17(2,3)4/h5-8,11,18H,9-10H2,1-4H3/t11-/m1/s1. The van der Waals surface area contributed by atoms with Crippen molar-refractivity contribution < 1.29 is 9.53 Å². The second kappa shape index (κ2) is 4.79. The molecule has 1 N–H and O–H groups in total. The first-order chi connectivity index (χ1) is 9.87. The van der Waals surface area contributed by atoms with Crippen LogP contribution >= 0.6 is 0 Å². The maximum absolute atomic E-state index is 12.3. The van der Waals surface area contributed by atoms with Crippen LogP contribution in [0.25, 0.3) is 10.9 Å². The largest absolute Gasteiger partial charge is 0.444 e. The van der Waals surface area contributed by atoms with Gasteiger partial charge in [-0.2, -0.15) is 0 Å². The van der Waals surface area contributed by atoms with Crippen molar-refractivity contribution >= 4 is 17.0 Å². The lowest BCUT2D eigenvalue weighted by Crippen LogP contribution is -2.42. The Morgan fingerprint density at radius 1 is 1.33 bits per heavy atom. The highest BCUT2D eigenvalue weighted by Gasteiger charge is 2.32. The zero-order valence-corrected chi connectivity index (χ0v) is 13.1. The van der Waals surface area contributed by atoms with E-state index in [-0.39, 0.29) is 12.1 Å². The van der Waals surface area contributed by atoms with Crippen LogP contribution in [-0.4, -0.2) is 28.1 Å². The first-order valence-electron chi connectivity index (χ1n) is 7.46. The Bertz CT molecular complexity index is 682. The number of para-hydroxylation sites is 1. The number of nitrogens with one attached hydrogen (secondary N) is 1. The van der Waals surface area contributed by atoms with Crippen molar-refractivity contribution in [2.24, 2.45) is 0 Å². The maximum atomic E-state index is 12.3. The highest BCUT2D eigenvalue weighted by Crippen LogP contribution is 2.34. The Morgan fingerprint density at radius 3 is 2.76 bits per heavy atom. The number of nitrogens with zero attached hydrogens (tertiary/aromatic N) is 1. The minimum absolute atomic E-state index is 0.0102. The summed E-state index contributed by atoms with van der Waals surface area (Å²) in [5, 5.41) is 1.27. The van der Waals surface area contributed by atoms with Gasteiger partial charge in [-0.1, -0.05) is 18.2 Å². The number of hydrogen-bond donors (Lipinski definition) is 1. The third-order valence-electron chi connectivity index (χ3n) is 3.96. The lowest BCUT2D eigenvalue weighted by molar-refractivity contribution is 0.0156. The number of H-pyrrole nitrogens is 1. The van der Waals surface area contributed by atoms with Crippen LogP contribution in [0.15, 0.2) is 24.3 Å². The first-order valence-corrected chi connectivity index (χ1v) is 7.46. The molecule has 1 aliphatic rings. The van der Waals surface area contributed by atoms with Crippen molar-refractivity contribution in [1.29, 1.82) is 0 Å². The van der Waals surface area contributed by atoms with Gasteiger partial charge in [-0.05, 0) is 45.7 Å². The van der Waals surface area contributed by atoms with E-state index in [1.54, 1.807) is 0 Å². The Balaban J connectivity index is 1.92. The van der Waals surface area contributed by atoms with Crippen LogP contribution in [0.4, 0.5) is 4.79 Å². The molecule has 1 atom stereocenters. The topological polar surface area (TPSA) is 45.3 Å². The molecule has 4 heteroatoms. The second-order valence-corrected chi connectivity index (χ2v) is 6.66. The van der Waals surface area contributed by atoms with Crippen LogP contribution in [0.5, 0.6) is 0 Å². The molecule has 0 fully saturated rings. The predicted molar refractivity (Wildman–Crippen MR) is 83.4 cm³/mol. The van der Waals surface area contributed by atoms with E-state index in [4.69, 9.17) is 4.74 Å². The molecule has 1 aromatic carbocycles. The Morgan fingerprint density at radius 2 is 2.05 bits per heavy atom. The fourth-order valence-electron chi connectivity index (χ4n) is 3.00. The fourth-order valence-corrected chi connectivity index (χ4v) is 3.00. The van der Waals surface area contributed by atoms with E-state index in [0.717, 1.165) is 17.6 Å². The minimum Gasteiger partial charge on any atom is -0.444 e. The van der Waals surface area contributed by atoms with E-state index in [2.05, 4.69) is 30.1 Å². The average molecular weight is 286 g/mol. The SMILES string of the molecule is C[C@@H]1c2[nH]c3ccccc3c2CCN1C(=O)OC(C)(C)C. The van der Waals surface area contributed by atoms with E-state index in [9.17, 15) is 4.79 Å². The molecule has 0 spiro atoms. The predicted octanol–water partition coefficient (Wildman–Crippen LogP) is 4.02. The summed E-state index contributed by atoms with van der Waals surface area (Å²) in [7, 11) is 0. The van der Waals surface area contributed by atoms with Crippen molar-refractivity contribution in [1.82, 2.24) is 9.88 Å². The van der Waals surface area contributed by atoms with Crippen LogP contribution in [0.3, 0.4) is 0 Å². The molecule has 21 heavy (non-hydrogen) atoms. The summed E-state index contributed by atoms with van der Waals surface area (Å²) >= 11 is 0. The number of aromatic amines is 1. The van der Waals surface area contributed by atoms with Gasteiger partial charge in [0, 0.05) is 23.1 Å². The molecule has 0 saturated heterocycles. The number of fused-ring (bicyclic) bond motifs is 3. The van der Waals surface area contributed by atoms with Crippen molar-refractivity contribution in [3.05, 3.63) is 35.5 Å². The van der Waals surface area contributed by atoms with E-state index in [1.165, 1.54) is 10.9 Å². The van der Waals surface area contributed by atoms with Gasteiger partial charge in [0.2, 0.25) is 0 Å². The number of rotatable bonds is 0. The molecule has 0 radical (unpaired) electrons. The molecule has 1 aliphatic heterocycles. The molecule has 2 heterocycles. The summed E-state index contributed by atoms with van der Waals surface area (Å²) < 4.78 is 5.51. The van der Waals surface area contributed by atoms with Crippen molar-refractivity contribution in [3.63, 3.8) is 0 Å². The molecular formula is C17H22N2O2. The van der Waals surface area contributed by atoms with Crippen LogP contribution < -0.4 is 0 Å². The number of ether oxygens (including phenoxy) is 1.